The van der Waals surface area contributed by atoms with Gasteiger partial charge in [-0.15, -0.1) is 0 Å². The molecule has 1 saturated heterocycles. The lowest BCUT2D eigenvalue weighted by molar-refractivity contribution is -0.120. The van der Waals surface area contributed by atoms with E-state index < -0.39 is 10.0 Å². The first-order valence-electron chi connectivity index (χ1n) is 11.2. The average molecular weight is 487 g/mol. The number of carbonyl (C=O) groups excluding carboxylic acids is 1. The maximum absolute atomic E-state index is 13.8. The van der Waals surface area contributed by atoms with Crippen molar-refractivity contribution in [2.75, 3.05) is 18.4 Å². The van der Waals surface area contributed by atoms with Gasteiger partial charge in [0.05, 0.1) is 4.90 Å². The Bertz CT molecular complexity index is 1310. The van der Waals surface area contributed by atoms with Crippen molar-refractivity contribution in [1.82, 2.24) is 14.4 Å². The second-order valence-electron chi connectivity index (χ2n) is 8.48. The number of hydrogen-bond acceptors (Lipinski definition) is 6. The number of nitrogens with zero attached hydrogens (tertiary/aromatic N) is 3. The minimum atomic E-state index is -3.77. The molecular formula is C24H27FN4O4S. The van der Waals surface area contributed by atoms with Crippen molar-refractivity contribution in [2.45, 2.75) is 44.9 Å². The molecular weight excluding hydrogens is 459 g/mol. The second kappa shape index (κ2) is 9.63. The van der Waals surface area contributed by atoms with E-state index in [-0.39, 0.29) is 35.6 Å². The third kappa shape index (κ3) is 4.88. The van der Waals surface area contributed by atoms with Gasteiger partial charge in [0.25, 0.3) is 0 Å². The molecule has 1 N–H and O–H groups in total. The number of piperidine rings is 1. The Morgan fingerprint density at radius 2 is 1.85 bits per heavy atom. The van der Waals surface area contributed by atoms with Crippen LogP contribution in [0.2, 0.25) is 0 Å². The van der Waals surface area contributed by atoms with Crippen molar-refractivity contribution in [3.63, 3.8) is 0 Å². The molecule has 0 aliphatic carbocycles. The summed E-state index contributed by atoms with van der Waals surface area (Å²) in [6.07, 6.45) is 1.34. The Balaban J connectivity index is 1.46. The summed E-state index contributed by atoms with van der Waals surface area (Å²) in [6, 6.07) is 9.61. The summed E-state index contributed by atoms with van der Waals surface area (Å²) in [5, 5.41) is 6.67. The van der Waals surface area contributed by atoms with E-state index in [0.717, 1.165) is 0 Å². The molecule has 4 rings (SSSR count). The van der Waals surface area contributed by atoms with Crippen molar-refractivity contribution in [2.24, 2.45) is 5.92 Å². The standard InChI is InChI=1S/C24H27FN4O4S/c1-4-22-27-23(28-33-22)18-7-5-16(3)21(13-18)34(31,32)29-11-9-17(10-12-29)24(30)26-19-8-6-15(2)20(25)14-19/h5-8,13-14,17H,4,9-12H2,1-3H3,(H,26,30). The van der Waals surface area contributed by atoms with Crippen LogP contribution in [-0.2, 0) is 21.2 Å². The van der Waals surface area contributed by atoms with Gasteiger partial charge in [-0.2, -0.15) is 9.29 Å². The minimum absolute atomic E-state index is 0.186. The van der Waals surface area contributed by atoms with Crippen molar-refractivity contribution in [3.8, 4) is 11.4 Å². The lowest BCUT2D eigenvalue weighted by atomic mass is 9.97. The lowest BCUT2D eigenvalue weighted by Gasteiger charge is -2.31. The molecule has 0 radical (unpaired) electrons. The molecule has 34 heavy (non-hydrogen) atoms. The molecule has 8 nitrogen and oxygen atoms in total. The summed E-state index contributed by atoms with van der Waals surface area (Å²) >= 11 is 0. The van der Waals surface area contributed by atoms with Gasteiger partial charge in [-0.25, -0.2) is 12.8 Å². The van der Waals surface area contributed by atoms with E-state index >= 15 is 0 Å². The average Bonchev–Trinajstić information content (AvgIpc) is 3.31. The Morgan fingerprint density at radius 1 is 1.15 bits per heavy atom. The smallest absolute Gasteiger partial charge is 0.243 e. The third-order valence-corrected chi connectivity index (χ3v) is 8.14. The number of aryl methyl sites for hydroxylation is 3. The van der Waals surface area contributed by atoms with Crippen LogP contribution in [0.25, 0.3) is 11.4 Å². The monoisotopic (exact) mass is 486 g/mol. The number of aromatic nitrogens is 2. The number of nitrogens with one attached hydrogen (secondary N) is 1. The van der Waals surface area contributed by atoms with Crippen LogP contribution in [0.3, 0.4) is 0 Å². The Kier molecular flexibility index (Phi) is 6.81. The summed E-state index contributed by atoms with van der Waals surface area (Å²) in [5.41, 5.74) is 2.07. The molecule has 0 spiro atoms. The largest absolute Gasteiger partial charge is 0.339 e. The van der Waals surface area contributed by atoms with Crippen molar-refractivity contribution in [1.29, 1.82) is 0 Å². The molecule has 1 fully saturated rings. The predicted molar refractivity (Wildman–Crippen MR) is 125 cm³/mol. The molecule has 0 unspecified atom stereocenters. The first-order valence-corrected chi connectivity index (χ1v) is 12.6. The van der Waals surface area contributed by atoms with E-state index in [9.17, 15) is 17.6 Å². The summed E-state index contributed by atoms with van der Waals surface area (Å²) < 4.78 is 47.1. The highest BCUT2D eigenvalue weighted by atomic mass is 32.2. The predicted octanol–water partition coefficient (Wildman–Crippen LogP) is 4.09. The SMILES string of the molecule is CCc1nc(-c2ccc(C)c(S(=O)(=O)N3CCC(C(=O)Nc4ccc(C)c(F)c4)CC3)c2)no1. The van der Waals surface area contributed by atoms with Crippen LogP contribution in [-0.4, -0.2) is 41.9 Å². The zero-order valence-corrected chi connectivity index (χ0v) is 20.2. The number of sulfonamides is 1. The molecule has 0 saturated carbocycles. The molecule has 2 heterocycles. The number of hydrogen-bond donors (Lipinski definition) is 1. The fourth-order valence-electron chi connectivity index (χ4n) is 3.95. The highest BCUT2D eigenvalue weighted by Crippen LogP contribution is 2.29. The highest BCUT2D eigenvalue weighted by molar-refractivity contribution is 7.89. The van der Waals surface area contributed by atoms with Gasteiger partial charge in [-0.3, -0.25) is 4.79 Å². The highest BCUT2D eigenvalue weighted by Gasteiger charge is 2.33. The number of carbonyl (C=O) groups is 1. The van der Waals surface area contributed by atoms with Crippen LogP contribution in [0.5, 0.6) is 0 Å². The van der Waals surface area contributed by atoms with Crippen LogP contribution in [0.1, 0.15) is 36.8 Å². The van der Waals surface area contributed by atoms with Crippen molar-refractivity contribution in [3.05, 3.63) is 59.2 Å². The van der Waals surface area contributed by atoms with Gasteiger partial charge < -0.3 is 9.84 Å². The van der Waals surface area contributed by atoms with E-state index in [4.69, 9.17) is 4.52 Å². The summed E-state index contributed by atoms with van der Waals surface area (Å²) in [4.78, 5) is 17.1. The minimum Gasteiger partial charge on any atom is -0.339 e. The fraction of sp³-hybridized carbons (Fsp3) is 0.375. The topological polar surface area (TPSA) is 105 Å². The van der Waals surface area contributed by atoms with Gasteiger partial charge in [0.15, 0.2) is 0 Å². The molecule has 10 heteroatoms. The third-order valence-electron chi connectivity index (χ3n) is 6.10. The van der Waals surface area contributed by atoms with Gasteiger partial charge >= 0.3 is 0 Å². The number of halogens is 1. The van der Waals surface area contributed by atoms with E-state index in [1.165, 1.54) is 10.4 Å². The van der Waals surface area contributed by atoms with E-state index in [1.807, 2.05) is 6.92 Å². The Labute approximate surface area is 198 Å². The van der Waals surface area contributed by atoms with E-state index in [1.54, 1.807) is 44.2 Å². The fourth-order valence-corrected chi connectivity index (χ4v) is 5.67. The van der Waals surface area contributed by atoms with Crippen LogP contribution in [0, 0.1) is 25.6 Å². The maximum Gasteiger partial charge on any atom is 0.243 e. The first-order chi connectivity index (χ1) is 16.2. The molecule has 1 aliphatic heterocycles. The molecule has 0 bridgehead atoms. The summed E-state index contributed by atoms with van der Waals surface area (Å²) in [5.74, 6) is -0.148. The zero-order valence-electron chi connectivity index (χ0n) is 19.3. The number of amides is 1. The quantitative estimate of drug-likeness (QED) is 0.563. The summed E-state index contributed by atoms with van der Waals surface area (Å²) in [7, 11) is -3.77. The van der Waals surface area contributed by atoms with Crippen molar-refractivity contribution >= 4 is 21.6 Å². The number of rotatable bonds is 6. The van der Waals surface area contributed by atoms with Crippen molar-refractivity contribution < 1.29 is 22.1 Å². The van der Waals surface area contributed by atoms with Gasteiger partial charge in [0.2, 0.25) is 27.6 Å². The van der Waals surface area contributed by atoms with Crippen LogP contribution < -0.4 is 5.32 Å². The second-order valence-corrected chi connectivity index (χ2v) is 10.4. The number of anilines is 1. The van der Waals surface area contributed by atoms with Gasteiger partial charge in [-0.05, 0) is 56.0 Å². The first kappa shape index (κ1) is 24.0. The lowest BCUT2D eigenvalue weighted by Crippen LogP contribution is -2.41. The van der Waals surface area contributed by atoms with Crippen LogP contribution in [0.15, 0.2) is 45.8 Å². The van der Waals surface area contributed by atoms with Crippen LogP contribution >= 0.6 is 0 Å². The Morgan fingerprint density at radius 3 is 2.50 bits per heavy atom. The molecule has 180 valence electrons. The molecule has 2 aromatic carbocycles. The maximum atomic E-state index is 13.8. The Hall–Kier alpha value is -3.11. The van der Waals surface area contributed by atoms with Gasteiger partial charge in [-0.1, -0.05) is 30.3 Å². The molecule has 3 aromatic rings. The number of benzene rings is 2. The van der Waals surface area contributed by atoms with E-state index in [2.05, 4.69) is 15.5 Å². The molecule has 0 atom stereocenters. The van der Waals surface area contributed by atoms with Gasteiger partial charge in [0.1, 0.15) is 5.82 Å². The van der Waals surface area contributed by atoms with Gasteiger partial charge in [0, 0.05) is 36.7 Å². The molecule has 1 amide bonds. The van der Waals surface area contributed by atoms with Crippen LogP contribution in [0.4, 0.5) is 10.1 Å². The molecule has 1 aromatic heterocycles. The molecule has 1 aliphatic rings. The van der Waals surface area contributed by atoms with E-state index in [0.29, 0.717) is 53.4 Å². The zero-order chi connectivity index (χ0) is 24.5. The normalized spacial score (nSPS) is 15.4. The summed E-state index contributed by atoms with van der Waals surface area (Å²) in [6.45, 7) is 5.72.